The summed E-state index contributed by atoms with van der Waals surface area (Å²) in [4.78, 5) is 0. The Hall–Kier alpha value is -0.660. The van der Waals surface area contributed by atoms with Crippen molar-refractivity contribution in [2.45, 2.75) is 26.7 Å². The van der Waals surface area contributed by atoms with Crippen LogP contribution < -0.4 is 5.32 Å². The summed E-state index contributed by atoms with van der Waals surface area (Å²) < 4.78 is 0. The van der Waals surface area contributed by atoms with Crippen LogP contribution in [0.15, 0.2) is 29.8 Å². The van der Waals surface area contributed by atoms with Crippen LogP contribution in [0.1, 0.15) is 26.7 Å². The van der Waals surface area contributed by atoms with Crippen molar-refractivity contribution in [1.82, 2.24) is 0 Å². The molecule has 3 heteroatoms. The average molecular weight is 284 g/mol. The molecule has 1 aliphatic carbocycles. The maximum absolute atomic E-state index is 6.15. The Balaban J connectivity index is 1.94. The van der Waals surface area contributed by atoms with Gasteiger partial charge >= 0.3 is 0 Å². The Bertz CT molecular complexity index is 454. The van der Waals surface area contributed by atoms with Crippen LogP contribution in [0.4, 0.5) is 5.69 Å². The Morgan fingerprint density at radius 1 is 1.33 bits per heavy atom. The fraction of sp³-hybridized carbons (Fsp3) is 0.467. The molecule has 98 valence electrons. The molecule has 0 saturated heterocycles. The van der Waals surface area contributed by atoms with Gasteiger partial charge in [-0.2, -0.15) is 0 Å². The lowest BCUT2D eigenvalue weighted by Crippen LogP contribution is -2.20. The second kappa shape index (κ2) is 5.99. The van der Waals surface area contributed by atoms with Gasteiger partial charge in [0.1, 0.15) is 0 Å². The molecule has 0 aromatic heterocycles. The first-order valence-electron chi connectivity index (χ1n) is 6.41. The van der Waals surface area contributed by atoms with Crippen molar-refractivity contribution in [1.29, 1.82) is 0 Å². The molecule has 0 bridgehead atoms. The van der Waals surface area contributed by atoms with E-state index in [-0.39, 0.29) is 0 Å². The first-order chi connectivity index (χ1) is 8.54. The summed E-state index contributed by atoms with van der Waals surface area (Å²) in [5, 5.41) is 4.80. The molecule has 1 N–H and O–H groups in total. The number of anilines is 1. The van der Waals surface area contributed by atoms with E-state index in [2.05, 4.69) is 25.2 Å². The number of halogens is 2. The fourth-order valence-electron chi connectivity index (χ4n) is 2.73. The Labute approximate surface area is 119 Å². The molecule has 1 nitrogen and oxygen atoms in total. The van der Waals surface area contributed by atoms with Crippen molar-refractivity contribution in [2.24, 2.45) is 11.8 Å². The number of allylic oxidation sites excluding steroid dienone is 2. The maximum Gasteiger partial charge on any atom is 0.0652 e. The highest BCUT2D eigenvalue weighted by atomic mass is 35.5. The molecule has 0 saturated carbocycles. The molecule has 2 rings (SSSR count). The van der Waals surface area contributed by atoms with E-state index < -0.39 is 0 Å². The number of rotatable bonds is 3. The third-order valence-electron chi connectivity index (χ3n) is 3.40. The highest BCUT2D eigenvalue weighted by molar-refractivity contribution is 6.36. The first kappa shape index (κ1) is 13.8. The second-order valence-corrected chi connectivity index (χ2v) is 6.14. The smallest absolute Gasteiger partial charge is 0.0652 e. The molecule has 0 amide bonds. The van der Waals surface area contributed by atoms with Gasteiger partial charge < -0.3 is 5.32 Å². The van der Waals surface area contributed by atoms with Crippen LogP contribution in [-0.4, -0.2) is 6.54 Å². The topological polar surface area (TPSA) is 12.0 Å². The van der Waals surface area contributed by atoms with Crippen molar-refractivity contribution in [3.8, 4) is 0 Å². The van der Waals surface area contributed by atoms with E-state index in [0.717, 1.165) is 12.2 Å². The van der Waals surface area contributed by atoms with Gasteiger partial charge in [0, 0.05) is 11.6 Å². The minimum absolute atomic E-state index is 0.676. The largest absolute Gasteiger partial charge is 0.384 e. The van der Waals surface area contributed by atoms with Crippen LogP contribution in [0.2, 0.25) is 10.0 Å². The van der Waals surface area contributed by atoms with Gasteiger partial charge in [0.05, 0.1) is 10.7 Å². The van der Waals surface area contributed by atoms with E-state index in [1.54, 1.807) is 6.07 Å². The minimum atomic E-state index is 0.676. The predicted molar refractivity (Wildman–Crippen MR) is 80.6 cm³/mol. The van der Waals surface area contributed by atoms with Crippen LogP contribution in [0.3, 0.4) is 0 Å². The monoisotopic (exact) mass is 283 g/mol. The Morgan fingerprint density at radius 2 is 2.11 bits per heavy atom. The molecular formula is C15H19Cl2N. The zero-order valence-corrected chi connectivity index (χ0v) is 12.4. The normalized spacial score (nSPS) is 23.7. The van der Waals surface area contributed by atoms with Gasteiger partial charge in [-0.05, 0) is 49.8 Å². The third kappa shape index (κ3) is 3.66. The van der Waals surface area contributed by atoms with E-state index in [1.807, 2.05) is 12.1 Å². The van der Waals surface area contributed by atoms with Gasteiger partial charge in [-0.1, -0.05) is 41.8 Å². The summed E-state index contributed by atoms with van der Waals surface area (Å²) in [7, 11) is 0. The van der Waals surface area contributed by atoms with E-state index in [0.29, 0.717) is 21.9 Å². The molecular weight excluding hydrogens is 265 g/mol. The highest BCUT2D eigenvalue weighted by Gasteiger charge is 2.17. The van der Waals surface area contributed by atoms with Gasteiger partial charge in [-0.25, -0.2) is 0 Å². The zero-order valence-electron chi connectivity index (χ0n) is 10.8. The molecule has 0 spiro atoms. The summed E-state index contributed by atoms with van der Waals surface area (Å²) in [6.45, 7) is 5.47. The molecule has 0 fully saturated rings. The summed E-state index contributed by atoms with van der Waals surface area (Å²) in [6.07, 6.45) is 4.81. The van der Waals surface area contributed by atoms with Gasteiger partial charge in [0.15, 0.2) is 0 Å². The molecule has 18 heavy (non-hydrogen) atoms. The van der Waals surface area contributed by atoms with Gasteiger partial charge in [0.2, 0.25) is 0 Å². The molecule has 1 aromatic rings. The highest BCUT2D eigenvalue weighted by Crippen LogP contribution is 2.30. The summed E-state index contributed by atoms with van der Waals surface area (Å²) in [5.74, 6) is 1.38. The van der Waals surface area contributed by atoms with Gasteiger partial charge in [0.25, 0.3) is 0 Å². The number of nitrogens with one attached hydrogen (secondary N) is 1. The third-order valence-corrected chi connectivity index (χ3v) is 3.94. The summed E-state index contributed by atoms with van der Waals surface area (Å²) in [5.41, 5.74) is 2.48. The van der Waals surface area contributed by atoms with E-state index in [1.165, 1.54) is 18.4 Å². The van der Waals surface area contributed by atoms with E-state index in [9.17, 15) is 0 Å². The molecule has 2 unspecified atom stereocenters. The van der Waals surface area contributed by atoms with Crippen LogP contribution in [0.5, 0.6) is 0 Å². The van der Waals surface area contributed by atoms with Crippen molar-refractivity contribution >= 4 is 28.9 Å². The first-order valence-corrected chi connectivity index (χ1v) is 7.16. The predicted octanol–water partition coefficient (Wildman–Crippen LogP) is 5.40. The summed E-state index contributed by atoms with van der Waals surface area (Å²) >= 11 is 12.0. The molecule has 2 atom stereocenters. The lowest BCUT2D eigenvalue weighted by Gasteiger charge is -2.26. The average Bonchev–Trinajstić information content (AvgIpc) is 2.26. The van der Waals surface area contributed by atoms with Crippen LogP contribution in [0, 0.1) is 11.8 Å². The zero-order chi connectivity index (χ0) is 13.1. The van der Waals surface area contributed by atoms with Crippen LogP contribution >= 0.6 is 23.2 Å². The van der Waals surface area contributed by atoms with Crippen molar-refractivity contribution in [3.63, 3.8) is 0 Å². The molecule has 1 aliphatic rings. The van der Waals surface area contributed by atoms with Crippen LogP contribution in [-0.2, 0) is 0 Å². The maximum atomic E-state index is 6.15. The second-order valence-electron chi connectivity index (χ2n) is 5.30. The van der Waals surface area contributed by atoms with Crippen molar-refractivity contribution < 1.29 is 0 Å². The van der Waals surface area contributed by atoms with E-state index >= 15 is 0 Å². The summed E-state index contributed by atoms with van der Waals surface area (Å²) in [6, 6.07) is 5.59. The SMILES string of the molecule is CC1=CC(C)CC(CNc2ccc(Cl)cc2Cl)C1. The molecule has 0 radical (unpaired) electrons. The van der Waals surface area contributed by atoms with E-state index in [4.69, 9.17) is 23.2 Å². The quantitative estimate of drug-likeness (QED) is 0.733. The van der Waals surface area contributed by atoms with Gasteiger partial charge in [-0.3, -0.25) is 0 Å². The molecule has 0 heterocycles. The van der Waals surface area contributed by atoms with Crippen molar-refractivity contribution in [2.75, 3.05) is 11.9 Å². The molecule has 0 aliphatic heterocycles. The lowest BCUT2D eigenvalue weighted by molar-refractivity contribution is 0.421. The van der Waals surface area contributed by atoms with Gasteiger partial charge in [-0.15, -0.1) is 0 Å². The minimum Gasteiger partial charge on any atom is -0.384 e. The Kier molecular flexibility index (Phi) is 4.58. The van der Waals surface area contributed by atoms with Crippen LogP contribution in [0.25, 0.3) is 0 Å². The number of benzene rings is 1. The lowest BCUT2D eigenvalue weighted by atomic mass is 9.84. The molecule has 1 aromatic carbocycles. The number of hydrogen-bond acceptors (Lipinski definition) is 1. The Morgan fingerprint density at radius 3 is 2.78 bits per heavy atom. The van der Waals surface area contributed by atoms with Crippen molar-refractivity contribution in [3.05, 3.63) is 39.9 Å². The fourth-order valence-corrected chi connectivity index (χ4v) is 3.20. The number of hydrogen-bond donors (Lipinski definition) is 1. The standard InChI is InChI=1S/C15H19Cl2N/c1-10-5-11(2)7-12(6-10)9-18-15-4-3-13(16)8-14(15)17/h3-5,8,10,12,18H,6-7,9H2,1-2H3.